The Labute approximate surface area is 182 Å². The zero-order valence-corrected chi connectivity index (χ0v) is 18.4. The molecule has 1 heterocycles. The highest BCUT2D eigenvalue weighted by Gasteiger charge is 2.46. The van der Waals surface area contributed by atoms with Crippen LogP contribution in [-0.4, -0.2) is 33.2 Å². The number of hydrogen-bond acceptors (Lipinski definition) is 4. The van der Waals surface area contributed by atoms with Crippen molar-refractivity contribution >= 4 is 40.1 Å². The van der Waals surface area contributed by atoms with Crippen molar-refractivity contribution in [3.63, 3.8) is 0 Å². The lowest BCUT2D eigenvalue weighted by Gasteiger charge is -2.15. The molecule has 0 bridgehead atoms. The van der Waals surface area contributed by atoms with E-state index in [4.69, 9.17) is 4.99 Å². The molecule has 6 heteroatoms. The molecule has 4 rings (SSSR count). The van der Waals surface area contributed by atoms with Crippen LogP contribution < -0.4 is 5.32 Å². The number of benzene rings is 2. The third-order valence-corrected chi connectivity index (χ3v) is 6.60. The van der Waals surface area contributed by atoms with Gasteiger partial charge < -0.3 is 5.32 Å². The predicted octanol–water partition coefficient (Wildman–Crippen LogP) is 5.24. The summed E-state index contributed by atoms with van der Waals surface area (Å²) in [5, 5.41) is 3.22. The van der Waals surface area contributed by atoms with Crippen molar-refractivity contribution in [3.8, 4) is 0 Å². The Bertz CT molecular complexity index is 980. The number of amides is 2. The van der Waals surface area contributed by atoms with Crippen molar-refractivity contribution in [2.24, 2.45) is 4.99 Å². The SMILES string of the molecule is Cc1ccccc1NC(=O)C[C@H]1SC(=Nc2ccc(C(C)C)cc2)N(C2CC2)C1=O. The maximum atomic E-state index is 13.0. The van der Waals surface area contributed by atoms with Crippen molar-refractivity contribution in [2.45, 2.75) is 57.2 Å². The summed E-state index contributed by atoms with van der Waals surface area (Å²) in [6.45, 7) is 6.27. The summed E-state index contributed by atoms with van der Waals surface area (Å²) in [6.07, 6.45) is 2.14. The van der Waals surface area contributed by atoms with Crippen LogP contribution in [0.5, 0.6) is 0 Å². The minimum atomic E-state index is -0.427. The van der Waals surface area contributed by atoms with Crippen LogP contribution in [0.3, 0.4) is 0 Å². The minimum absolute atomic E-state index is 0.0000146. The third-order valence-electron chi connectivity index (χ3n) is 5.45. The first-order chi connectivity index (χ1) is 14.4. The summed E-state index contributed by atoms with van der Waals surface area (Å²) >= 11 is 1.41. The zero-order chi connectivity index (χ0) is 21.3. The first kappa shape index (κ1) is 20.7. The molecule has 0 aromatic heterocycles. The van der Waals surface area contributed by atoms with E-state index in [1.165, 1.54) is 17.3 Å². The maximum absolute atomic E-state index is 13.0. The summed E-state index contributed by atoms with van der Waals surface area (Å²) in [7, 11) is 0. The van der Waals surface area contributed by atoms with Crippen LogP contribution in [0, 0.1) is 6.92 Å². The number of nitrogens with zero attached hydrogens (tertiary/aromatic N) is 2. The van der Waals surface area contributed by atoms with E-state index in [9.17, 15) is 9.59 Å². The van der Waals surface area contributed by atoms with Crippen molar-refractivity contribution in [3.05, 3.63) is 59.7 Å². The monoisotopic (exact) mass is 421 g/mol. The molecule has 1 saturated heterocycles. The Morgan fingerprint density at radius 2 is 1.87 bits per heavy atom. The lowest BCUT2D eigenvalue weighted by molar-refractivity contribution is -0.128. The normalized spacial score (nSPS) is 20.3. The largest absolute Gasteiger partial charge is 0.326 e. The molecule has 1 N–H and O–H groups in total. The Hall–Kier alpha value is -2.60. The van der Waals surface area contributed by atoms with Gasteiger partial charge in [-0.3, -0.25) is 14.5 Å². The molecule has 1 atom stereocenters. The summed E-state index contributed by atoms with van der Waals surface area (Å²) in [6, 6.07) is 16.0. The summed E-state index contributed by atoms with van der Waals surface area (Å²) in [5.74, 6) is 0.321. The molecule has 2 aromatic rings. The molecule has 0 radical (unpaired) electrons. The van der Waals surface area contributed by atoms with Gasteiger partial charge in [-0.25, -0.2) is 4.99 Å². The number of amidine groups is 1. The second kappa shape index (κ2) is 8.64. The highest BCUT2D eigenvalue weighted by Crippen LogP contribution is 2.39. The lowest BCUT2D eigenvalue weighted by atomic mass is 10.0. The number of thioether (sulfide) groups is 1. The molecule has 2 fully saturated rings. The average molecular weight is 422 g/mol. The number of nitrogens with one attached hydrogen (secondary N) is 1. The lowest BCUT2D eigenvalue weighted by Crippen LogP contribution is -2.35. The fourth-order valence-electron chi connectivity index (χ4n) is 3.49. The quantitative estimate of drug-likeness (QED) is 0.694. The van der Waals surface area contributed by atoms with Crippen LogP contribution in [0.4, 0.5) is 11.4 Å². The number of carbonyl (C=O) groups is 2. The molecule has 156 valence electrons. The van der Waals surface area contributed by atoms with Gasteiger partial charge in [-0.2, -0.15) is 0 Å². The Kier molecular flexibility index (Phi) is 5.95. The van der Waals surface area contributed by atoms with Crippen molar-refractivity contribution < 1.29 is 9.59 Å². The maximum Gasteiger partial charge on any atom is 0.242 e. The van der Waals surface area contributed by atoms with Gasteiger partial charge in [-0.15, -0.1) is 0 Å². The second-order valence-electron chi connectivity index (χ2n) is 8.25. The molecule has 1 aliphatic carbocycles. The number of aliphatic imine (C=N–C) groups is 1. The van der Waals surface area contributed by atoms with E-state index in [0.29, 0.717) is 11.1 Å². The number of hydrogen-bond donors (Lipinski definition) is 1. The first-order valence-electron chi connectivity index (χ1n) is 10.5. The van der Waals surface area contributed by atoms with Crippen LogP contribution in [-0.2, 0) is 9.59 Å². The first-order valence-corrected chi connectivity index (χ1v) is 11.3. The van der Waals surface area contributed by atoms with Crippen molar-refractivity contribution in [1.29, 1.82) is 0 Å². The van der Waals surface area contributed by atoms with Gasteiger partial charge in [0.05, 0.1) is 5.69 Å². The van der Waals surface area contributed by atoms with Crippen LogP contribution in [0.2, 0.25) is 0 Å². The summed E-state index contributed by atoms with van der Waals surface area (Å²) < 4.78 is 0. The number of aryl methyl sites for hydroxylation is 1. The van der Waals surface area contributed by atoms with E-state index < -0.39 is 5.25 Å². The molecule has 0 spiro atoms. The molecule has 1 aliphatic heterocycles. The molecular formula is C24H27N3O2S. The highest BCUT2D eigenvalue weighted by atomic mass is 32.2. The second-order valence-corrected chi connectivity index (χ2v) is 9.42. The van der Waals surface area contributed by atoms with Gasteiger partial charge >= 0.3 is 0 Å². The third kappa shape index (κ3) is 4.59. The summed E-state index contributed by atoms with van der Waals surface area (Å²) in [4.78, 5) is 32.2. The smallest absolute Gasteiger partial charge is 0.242 e. The van der Waals surface area contributed by atoms with Crippen LogP contribution in [0.25, 0.3) is 0 Å². The minimum Gasteiger partial charge on any atom is -0.326 e. The zero-order valence-electron chi connectivity index (χ0n) is 17.6. The molecule has 30 heavy (non-hydrogen) atoms. The van der Waals surface area contributed by atoms with Gasteiger partial charge in [0.25, 0.3) is 0 Å². The molecule has 2 aromatic carbocycles. The van der Waals surface area contributed by atoms with Crippen molar-refractivity contribution in [2.75, 3.05) is 5.32 Å². The Morgan fingerprint density at radius 1 is 1.17 bits per heavy atom. The van der Waals surface area contributed by atoms with Crippen LogP contribution in [0.15, 0.2) is 53.5 Å². The van der Waals surface area contributed by atoms with Crippen molar-refractivity contribution in [1.82, 2.24) is 4.90 Å². The molecule has 2 amide bonds. The molecule has 0 unspecified atom stereocenters. The predicted molar refractivity (Wildman–Crippen MR) is 123 cm³/mol. The molecule has 5 nitrogen and oxygen atoms in total. The topological polar surface area (TPSA) is 61.8 Å². The Morgan fingerprint density at radius 3 is 2.50 bits per heavy atom. The van der Waals surface area contributed by atoms with E-state index >= 15 is 0 Å². The van der Waals surface area contributed by atoms with E-state index in [1.54, 1.807) is 0 Å². The van der Waals surface area contributed by atoms with Crippen LogP contribution in [0.1, 0.15) is 50.2 Å². The average Bonchev–Trinajstić information content (AvgIpc) is 3.50. The number of rotatable bonds is 6. The highest BCUT2D eigenvalue weighted by molar-refractivity contribution is 8.15. The summed E-state index contributed by atoms with van der Waals surface area (Å²) in [5.41, 5.74) is 3.89. The fourth-order valence-corrected chi connectivity index (χ4v) is 4.70. The van der Waals surface area contributed by atoms with Gasteiger partial charge in [0.15, 0.2) is 5.17 Å². The standard InChI is InChI=1S/C24H27N3O2S/c1-15(2)17-8-10-18(11-9-17)25-24-27(19-12-13-19)23(29)21(30-24)14-22(28)26-20-7-5-4-6-16(20)3/h4-11,15,19,21H,12-14H2,1-3H3,(H,26,28)/t21-/m1/s1. The number of para-hydroxylation sites is 1. The van der Waals surface area contributed by atoms with E-state index in [1.807, 2.05) is 48.2 Å². The van der Waals surface area contributed by atoms with Gasteiger partial charge in [0.2, 0.25) is 11.8 Å². The number of carbonyl (C=O) groups excluding carboxylic acids is 2. The number of anilines is 1. The van der Waals surface area contributed by atoms with E-state index in [-0.39, 0.29) is 24.3 Å². The Balaban J connectivity index is 1.48. The van der Waals surface area contributed by atoms with Gasteiger partial charge in [0.1, 0.15) is 5.25 Å². The molecular weight excluding hydrogens is 394 g/mol. The van der Waals surface area contributed by atoms with Crippen LogP contribution >= 0.6 is 11.8 Å². The van der Waals surface area contributed by atoms with Gasteiger partial charge in [-0.1, -0.05) is 55.9 Å². The fraction of sp³-hybridized carbons (Fsp3) is 0.375. The van der Waals surface area contributed by atoms with E-state index in [0.717, 1.165) is 29.8 Å². The molecule has 2 aliphatic rings. The van der Waals surface area contributed by atoms with E-state index in [2.05, 4.69) is 31.3 Å². The van der Waals surface area contributed by atoms with Gasteiger partial charge in [-0.05, 0) is 55.0 Å². The molecule has 1 saturated carbocycles. The van der Waals surface area contributed by atoms with Gasteiger partial charge in [0, 0.05) is 18.2 Å².